The molecule has 0 unspecified atom stereocenters. The highest BCUT2D eigenvalue weighted by molar-refractivity contribution is 6.02. The zero-order valence-corrected chi connectivity index (χ0v) is 16.7. The molecule has 4 rings (SSSR count). The van der Waals surface area contributed by atoms with Crippen LogP contribution in [0.1, 0.15) is 22.3 Å². The lowest BCUT2D eigenvalue weighted by Gasteiger charge is -2.15. The molecule has 144 valence electrons. The van der Waals surface area contributed by atoms with Crippen molar-refractivity contribution in [2.24, 2.45) is 4.99 Å². The number of benzene rings is 3. The van der Waals surface area contributed by atoms with Gasteiger partial charge in [0.25, 0.3) is 5.56 Å². The topological polar surface area (TPSA) is 54.6 Å². The highest BCUT2D eigenvalue weighted by Crippen LogP contribution is 2.28. The molecular formula is C25H22N2O2. The number of aryl methyl sites for hydroxylation is 3. The Morgan fingerprint density at radius 1 is 0.828 bits per heavy atom. The summed E-state index contributed by atoms with van der Waals surface area (Å²) in [5, 5.41) is 12.3. The summed E-state index contributed by atoms with van der Waals surface area (Å²) in [5.41, 5.74) is 4.96. The standard InChI is InChI=1S/C25H22N2O2/c1-16-12-13-19(14-18(16)3)26-15-22-20-9-5-6-10-21(20)24(28)27(25(22)29)23-11-7-4-8-17(23)2/h4-15,29H,1-3H3. The van der Waals surface area contributed by atoms with Gasteiger partial charge in [-0.25, -0.2) is 4.57 Å². The summed E-state index contributed by atoms with van der Waals surface area (Å²) in [6.07, 6.45) is 1.63. The largest absolute Gasteiger partial charge is 0.494 e. The van der Waals surface area contributed by atoms with Gasteiger partial charge < -0.3 is 5.11 Å². The summed E-state index contributed by atoms with van der Waals surface area (Å²) in [7, 11) is 0. The zero-order chi connectivity index (χ0) is 20.5. The van der Waals surface area contributed by atoms with Crippen LogP contribution in [-0.2, 0) is 0 Å². The van der Waals surface area contributed by atoms with Crippen LogP contribution in [0.4, 0.5) is 5.69 Å². The van der Waals surface area contributed by atoms with Gasteiger partial charge in [0.05, 0.1) is 16.9 Å². The van der Waals surface area contributed by atoms with Crippen LogP contribution in [-0.4, -0.2) is 15.9 Å². The van der Waals surface area contributed by atoms with Gasteiger partial charge in [-0.3, -0.25) is 9.79 Å². The fourth-order valence-corrected chi connectivity index (χ4v) is 3.47. The summed E-state index contributed by atoms with van der Waals surface area (Å²) in [6, 6.07) is 20.8. The van der Waals surface area contributed by atoms with Gasteiger partial charge in [0.1, 0.15) is 0 Å². The van der Waals surface area contributed by atoms with E-state index >= 15 is 0 Å². The monoisotopic (exact) mass is 382 g/mol. The fourth-order valence-electron chi connectivity index (χ4n) is 3.47. The second kappa shape index (κ2) is 7.40. The van der Waals surface area contributed by atoms with E-state index in [-0.39, 0.29) is 11.4 Å². The number of pyridine rings is 1. The Kier molecular flexibility index (Phi) is 4.77. The Morgan fingerprint density at radius 3 is 2.24 bits per heavy atom. The Hall–Kier alpha value is -3.66. The summed E-state index contributed by atoms with van der Waals surface area (Å²) >= 11 is 0. The molecule has 0 atom stereocenters. The van der Waals surface area contributed by atoms with Gasteiger partial charge in [0.2, 0.25) is 5.88 Å². The lowest BCUT2D eigenvalue weighted by molar-refractivity contribution is 0.436. The minimum absolute atomic E-state index is 0.115. The maximum Gasteiger partial charge on any atom is 0.265 e. The van der Waals surface area contributed by atoms with E-state index in [0.717, 1.165) is 16.8 Å². The summed E-state index contributed by atoms with van der Waals surface area (Å²) < 4.78 is 1.36. The maximum atomic E-state index is 13.2. The molecule has 0 aliphatic rings. The van der Waals surface area contributed by atoms with Crippen molar-refractivity contribution in [3.05, 3.63) is 99.3 Å². The van der Waals surface area contributed by atoms with E-state index in [9.17, 15) is 9.90 Å². The Labute approximate surface area is 169 Å². The first kappa shape index (κ1) is 18.7. The van der Waals surface area contributed by atoms with E-state index in [1.165, 1.54) is 10.1 Å². The van der Waals surface area contributed by atoms with E-state index in [1.807, 2.05) is 74.5 Å². The molecule has 0 saturated heterocycles. The predicted molar refractivity (Wildman–Crippen MR) is 119 cm³/mol. The van der Waals surface area contributed by atoms with Crippen LogP contribution in [0.5, 0.6) is 5.88 Å². The molecule has 0 spiro atoms. The number of hydrogen-bond acceptors (Lipinski definition) is 3. The Bertz CT molecular complexity index is 1320. The average Bonchev–Trinajstić information content (AvgIpc) is 2.72. The number of aliphatic imine (C=N–C) groups is 1. The van der Waals surface area contributed by atoms with E-state index < -0.39 is 0 Å². The first-order valence-electron chi connectivity index (χ1n) is 9.51. The quantitative estimate of drug-likeness (QED) is 0.484. The maximum absolute atomic E-state index is 13.2. The first-order valence-corrected chi connectivity index (χ1v) is 9.51. The third kappa shape index (κ3) is 3.34. The van der Waals surface area contributed by atoms with Crippen molar-refractivity contribution >= 4 is 22.7 Å². The van der Waals surface area contributed by atoms with Crippen molar-refractivity contribution in [3.8, 4) is 11.6 Å². The average molecular weight is 382 g/mol. The van der Waals surface area contributed by atoms with Crippen LogP contribution in [0.2, 0.25) is 0 Å². The number of rotatable bonds is 3. The molecule has 0 saturated carbocycles. The van der Waals surface area contributed by atoms with Crippen LogP contribution in [0.25, 0.3) is 16.5 Å². The molecule has 0 aliphatic carbocycles. The van der Waals surface area contributed by atoms with Crippen LogP contribution < -0.4 is 5.56 Å². The number of aromatic hydroxyl groups is 1. The predicted octanol–water partition coefficient (Wildman–Crippen LogP) is 5.37. The van der Waals surface area contributed by atoms with E-state index in [0.29, 0.717) is 22.0 Å². The molecule has 3 aromatic carbocycles. The third-order valence-electron chi connectivity index (χ3n) is 5.29. The molecule has 4 aromatic rings. The van der Waals surface area contributed by atoms with Crippen molar-refractivity contribution in [3.63, 3.8) is 0 Å². The van der Waals surface area contributed by atoms with Crippen molar-refractivity contribution in [2.75, 3.05) is 0 Å². The summed E-state index contributed by atoms with van der Waals surface area (Å²) in [5.74, 6) is -0.115. The highest BCUT2D eigenvalue weighted by atomic mass is 16.3. The molecule has 1 aromatic heterocycles. The van der Waals surface area contributed by atoms with E-state index in [1.54, 1.807) is 12.3 Å². The number of hydrogen-bond donors (Lipinski definition) is 1. The van der Waals surface area contributed by atoms with Gasteiger partial charge in [0.15, 0.2) is 0 Å². The number of aromatic nitrogens is 1. The highest BCUT2D eigenvalue weighted by Gasteiger charge is 2.17. The van der Waals surface area contributed by atoms with Crippen LogP contribution in [0.3, 0.4) is 0 Å². The zero-order valence-electron chi connectivity index (χ0n) is 16.7. The number of para-hydroxylation sites is 1. The normalized spacial score (nSPS) is 11.4. The molecule has 29 heavy (non-hydrogen) atoms. The Balaban J connectivity index is 1.98. The van der Waals surface area contributed by atoms with Crippen LogP contribution in [0, 0.1) is 20.8 Å². The summed E-state index contributed by atoms with van der Waals surface area (Å²) in [4.78, 5) is 17.7. The van der Waals surface area contributed by atoms with Gasteiger partial charge in [-0.15, -0.1) is 0 Å². The molecule has 1 N–H and O–H groups in total. The second-order valence-corrected chi connectivity index (χ2v) is 7.24. The molecule has 0 fully saturated rings. The molecule has 1 heterocycles. The lowest BCUT2D eigenvalue weighted by atomic mass is 10.1. The smallest absolute Gasteiger partial charge is 0.265 e. The molecular weight excluding hydrogens is 360 g/mol. The fraction of sp³-hybridized carbons (Fsp3) is 0.120. The van der Waals surface area contributed by atoms with Gasteiger partial charge in [-0.05, 0) is 61.7 Å². The van der Waals surface area contributed by atoms with Gasteiger partial charge in [-0.1, -0.05) is 42.5 Å². The lowest BCUT2D eigenvalue weighted by Crippen LogP contribution is -2.20. The summed E-state index contributed by atoms with van der Waals surface area (Å²) in [6.45, 7) is 6.01. The number of nitrogens with zero attached hydrogens (tertiary/aromatic N) is 2. The van der Waals surface area contributed by atoms with Crippen molar-refractivity contribution in [1.82, 2.24) is 4.57 Å². The molecule has 4 heteroatoms. The second-order valence-electron chi connectivity index (χ2n) is 7.24. The van der Waals surface area contributed by atoms with Crippen LogP contribution in [0.15, 0.2) is 76.5 Å². The third-order valence-corrected chi connectivity index (χ3v) is 5.29. The van der Waals surface area contributed by atoms with Crippen molar-refractivity contribution in [1.29, 1.82) is 0 Å². The van der Waals surface area contributed by atoms with Crippen LogP contribution >= 0.6 is 0 Å². The molecule has 0 amide bonds. The van der Waals surface area contributed by atoms with E-state index in [4.69, 9.17) is 0 Å². The minimum Gasteiger partial charge on any atom is -0.494 e. The van der Waals surface area contributed by atoms with E-state index in [2.05, 4.69) is 11.9 Å². The van der Waals surface area contributed by atoms with Gasteiger partial charge in [0, 0.05) is 17.0 Å². The molecule has 4 nitrogen and oxygen atoms in total. The minimum atomic E-state index is -0.254. The molecule has 0 bridgehead atoms. The first-order chi connectivity index (χ1) is 14.0. The molecule has 0 radical (unpaired) electrons. The van der Waals surface area contributed by atoms with Crippen molar-refractivity contribution < 1.29 is 5.11 Å². The van der Waals surface area contributed by atoms with Gasteiger partial charge in [-0.2, -0.15) is 0 Å². The SMILES string of the molecule is Cc1ccc(N=Cc2c(O)n(-c3ccccc3C)c(=O)c3ccccc23)cc1C. The molecule has 0 aliphatic heterocycles. The van der Waals surface area contributed by atoms with Crippen molar-refractivity contribution in [2.45, 2.75) is 20.8 Å². The Morgan fingerprint density at radius 2 is 1.52 bits per heavy atom. The van der Waals surface area contributed by atoms with Gasteiger partial charge >= 0.3 is 0 Å². The number of fused-ring (bicyclic) bond motifs is 1.